The van der Waals surface area contributed by atoms with Crippen LogP contribution in [0.2, 0.25) is 5.15 Å². The molecule has 0 unspecified atom stereocenters. The van der Waals surface area contributed by atoms with Gasteiger partial charge in [-0.15, -0.1) is 0 Å². The largest absolute Gasteiger partial charge is 0.419 e. The third-order valence-electron chi connectivity index (χ3n) is 2.53. The van der Waals surface area contributed by atoms with Gasteiger partial charge < -0.3 is 0 Å². The molecule has 1 aromatic carbocycles. The summed E-state index contributed by atoms with van der Waals surface area (Å²) in [5.41, 5.74) is -1.50. The zero-order valence-electron chi connectivity index (χ0n) is 9.71. The first-order chi connectivity index (χ1) is 9.29. The summed E-state index contributed by atoms with van der Waals surface area (Å²) in [6.45, 7) is 0. The Labute approximate surface area is 116 Å². The van der Waals surface area contributed by atoms with Crippen LogP contribution in [0.3, 0.4) is 0 Å². The molecule has 1 heterocycles. The van der Waals surface area contributed by atoms with Crippen molar-refractivity contribution in [2.24, 2.45) is 0 Å². The van der Waals surface area contributed by atoms with Gasteiger partial charge in [-0.25, -0.2) is 9.37 Å². The molecule has 0 atom stereocenters. The molecule has 0 aliphatic carbocycles. The van der Waals surface area contributed by atoms with Gasteiger partial charge in [0.15, 0.2) is 5.78 Å². The minimum atomic E-state index is -4.80. The van der Waals surface area contributed by atoms with E-state index < -0.39 is 23.3 Å². The van der Waals surface area contributed by atoms with Crippen LogP contribution >= 0.6 is 11.6 Å². The van der Waals surface area contributed by atoms with Crippen molar-refractivity contribution in [2.45, 2.75) is 6.18 Å². The lowest BCUT2D eigenvalue weighted by atomic mass is 10.0. The highest BCUT2D eigenvalue weighted by Crippen LogP contribution is 2.31. The van der Waals surface area contributed by atoms with Crippen LogP contribution in [0.15, 0.2) is 36.5 Å². The summed E-state index contributed by atoms with van der Waals surface area (Å²) in [7, 11) is 0. The number of carbonyl (C=O) groups excluding carboxylic acids is 1. The number of halogens is 5. The lowest BCUT2D eigenvalue weighted by molar-refractivity contribution is -0.140. The molecular weight excluding hydrogens is 298 g/mol. The lowest BCUT2D eigenvalue weighted by Crippen LogP contribution is -2.10. The molecule has 0 spiro atoms. The third kappa shape index (κ3) is 2.96. The summed E-state index contributed by atoms with van der Waals surface area (Å²) >= 11 is 5.55. The van der Waals surface area contributed by atoms with Gasteiger partial charge in [0.25, 0.3) is 0 Å². The predicted molar refractivity (Wildman–Crippen MR) is 64.1 cm³/mol. The molecular formula is C13H6ClF4NO. The molecule has 2 aromatic rings. The SMILES string of the molecule is O=C(c1ccc(Cl)nc1)c1ccc(C(F)(F)F)c(F)c1. The van der Waals surface area contributed by atoms with Gasteiger partial charge in [-0.3, -0.25) is 4.79 Å². The molecule has 0 saturated heterocycles. The molecule has 104 valence electrons. The predicted octanol–water partition coefficient (Wildman–Crippen LogP) is 4.12. The fraction of sp³-hybridized carbons (Fsp3) is 0.0769. The number of aromatic nitrogens is 1. The number of carbonyl (C=O) groups is 1. The Hall–Kier alpha value is -1.95. The second-order valence-corrected chi connectivity index (χ2v) is 4.28. The van der Waals surface area contributed by atoms with E-state index in [4.69, 9.17) is 11.6 Å². The van der Waals surface area contributed by atoms with Crippen molar-refractivity contribution in [3.8, 4) is 0 Å². The Bertz CT molecular complexity index is 652. The molecule has 2 rings (SSSR count). The van der Waals surface area contributed by atoms with Crippen LogP contribution in [0.1, 0.15) is 21.5 Å². The Kier molecular flexibility index (Phi) is 3.76. The highest BCUT2D eigenvalue weighted by atomic mass is 35.5. The van der Waals surface area contributed by atoms with Gasteiger partial charge in [0, 0.05) is 17.3 Å². The number of nitrogens with zero attached hydrogens (tertiary/aromatic N) is 1. The summed E-state index contributed by atoms with van der Waals surface area (Å²) < 4.78 is 50.6. The van der Waals surface area contributed by atoms with Gasteiger partial charge in [-0.05, 0) is 24.3 Å². The zero-order valence-corrected chi connectivity index (χ0v) is 10.5. The van der Waals surface area contributed by atoms with Crippen LogP contribution in [0.25, 0.3) is 0 Å². The summed E-state index contributed by atoms with van der Waals surface area (Å²) in [6.07, 6.45) is -3.63. The smallest absolute Gasteiger partial charge is 0.289 e. The molecule has 2 nitrogen and oxygen atoms in total. The lowest BCUT2D eigenvalue weighted by Gasteiger charge is -2.09. The average molecular weight is 304 g/mol. The number of pyridine rings is 1. The van der Waals surface area contributed by atoms with Crippen molar-refractivity contribution in [3.05, 3.63) is 64.2 Å². The topological polar surface area (TPSA) is 30.0 Å². The normalized spacial score (nSPS) is 11.4. The van der Waals surface area contributed by atoms with E-state index in [1.807, 2.05) is 0 Å². The maximum atomic E-state index is 13.4. The van der Waals surface area contributed by atoms with Gasteiger partial charge in [0.1, 0.15) is 11.0 Å². The standard InChI is InChI=1S/C13H6ClF4NO/c14-11-4-2-8(6-19-11)12(20)7-1-3-9(10(15)5-7)13(16,17)18/h1-6H. The van der Waals surface area contributed by atoms with Crippen molar-refractivity contribution in [1.29, 1.82) is 0 Å². The summed E-state index contributed by atoms with van der Waals surface area (Å²) in [5, 5.41) is 0.167. The van der Waals surface area contributed by atoms with Crippen molar-refractivity contribution < 1.29 is 22.4 Å². The third-order valence-corrected chi connectivity index (χ3v) is 2.75. The molecule has 0 amide bonds. The highest BCUT2D eigenvalue weighted by Gasteiger charge is 2.34. The van der Waals surface area contributed by atoms with Crippen LogP contribution in [0, 0.1) is 5.82 Å². The fourth-order valence-electron chi connectivity index (χ4n) is 1.56. The first kappa shape index (κ1) is 14.5. The molecule has 0 saturated carbocycles. The van der Waals surface area contributed by atoms with E-state index in [9.17, 15) is 22.4 Å². The number of benzene rings is 1. The van der Waals surface area contributed by atoms with E-state index in [1.165, 1.54) is 18.3 Å². The molecule has 0 radical (unpaired) electrons. The molecule has 0 aliphatic heterocycles. The second kappa shape index (κ2) is 5.20. The minimum absolute atomic E-state index is 0.105. The Balaban J connectivity index is 2.37. The summed E-state index contributed by atoms with van der Waals surface area (Å²) in [5.74, 6) is -2.13. The molecule has 7 heteroatoms. The van der Waals surface area contributed by atoms with Crippen LogP contribution in [0.5, 0.6) is 0 Å². The monoisotopic (exact) mass is 303 g/mol. The number of rotatable bonds is 2. The fourth-order valence-corrected chi connectivity index (χ4v) is 1.67. The van der Waals surface area contributed by atoms with Crippen molar-refractivity contribution in [1.82, 2.24) is 4.98 Å². The van der Waals surface area contributed by atoms with Gasteiger partial charge in [0.05, 0.1) is 5.56 Å². The van der Waals surface area contributed by atoms with Crippen LogP contribution in [-0.4, -0.2) is 10.8 Å². The molecule has 0 N–H and O–H groups in total. The molecule has 0 aliphatic rings. The van der Waals surface area contributed by atoms with E-state index in [0.717, 1.165) is 6.07 Å². The van der Waals surface area contributed by atoms with Crippen LogP contribution in [-0.2, 0) is 6.18 Å². The summed E-state index contributed by atoms with van der Waals surface area (Å²) in [4.78, 5) is 15.6. The Morgan fingerprint density at radius 3 is 2.25 bits per heavy atom. The van der Waals surface area contributed by atoms with Gasteiger partial charge in [0.2, 0.25) is 0 Å². The summed E-state index contributed by atoms with van der Waals surface area (Å²) in [6, 6.07) is 4.72. The maximum Gasteiger partial charge on any atom is 0.419 e. The van der Waals surface area contributed by atoms with Gasteiger partial charge >= 0.3 is 6.18 Å². The number of alkyl halides is 3. The first-order valence-electron chi connectivity index (χ1n) is 5.32. The first-order valence-corrected chi connectivity index (χ1v) is 5.70. The number of hydrogen-bond donors (Lipinski definition) is 0. The number of ketones is 1. The second-order valence-electron chi connectivity index (χ2n) is 3.89. The molecule has 20 heavy (non-hydrogen) atoms. The number of hydrogen-bond acceptors (Lipinski definition) is 2. The zero-order chi connectivity index (χ0) is 14.9. The average Bonchev–Trinajstić information content (AvgIpc) is 2.37. The van der Waals surface area contributed by atoms with E-state index in [-0.39, 0.29) is 16.3 Å². The van der Waals surface area contributed by atoms with Crippen molar-refractivity contribution in [2.75, 3.05) is 0 Å². The molecule has 0 fully saturated rings. The highest BCUT2D eigenvalue weighted by molar-refractivity contribution is 6.29. The van der Waals surface area contributed by atoms with Crippen molar-refractivity contribution in [3.63, 3.8) is 0 Å². The molecule has 1 aromatic heterocycles. The van der Waals surface area contributed by atoms with E-state index >= 15 is 0 Å². The Morgan fingerprint density at radius 1 is 1.10 bits per heavy atom. The van der Waals surface area contributed by atoms with Gasteiger partial charge in [-0.2, -0.15) is 13.2 Å². The maximum absolute atomic E-state index is 13.4. The van der Waals surface area contributed by atoms with Crippen molar-refractivity contribution >= 4 is 17.4 Å². The van der Waals surface area contributed by atoms with Crippen LogP contribution < -0.4 is 0 Å². The minimum Gasteiger partial charge on any atom is -0.289 e. The van der Waals surface area contributed by atoms with E-state index in [0.29, 0.717) is 12.1 Å². The van der Waals surface area contributed by atoms with Crippen LogP contribution in [0.4, 0.5) is 17.6 Å². The molecule has 0 bridgehead atoms. The van der Waals surface area contributed by atoms with E-state index in [1.54, 1.807) is 0 Å². The van der Waals surface area contributed by atoms with Gasteiger partial charge in [-0.1, -0.05) is 17.7 Å². The van der Waals surface area contributed by atoms with E-state index in [2.05, 4.69) is 4.98 Å². The quantitative estimate of drug-likeness (QED) is 0.474. The Morgan fingerprint density at radius 2 is 1.75 bits per heavy atom.